The Bertz CT molecular complexity index is 1350. The van der Waals surface area contributed by atoms with E-state index in [9.17, 15) is 0 Å². The van der Waals surface area contributed by atoms with Gasteiger partial charge in [-0.2, -0.15) is 0 Å². The fourth-order valence-electron chi connectivity index (χ4n) is 4.80. The van der Waals surface area contributed by atoms with Gasteiger partial charge in [0.25, 0.3) is 0 Å². The predicted molar refractivity (Wildman–Crippen MR) is 144 cm³/mol. The number of nitrogen functional groups attached to an aromatic ring is 1. The standard InChI is InChI=1S/C31H35N/c1-18(2)23-11-9-22(10-12-23)16-27(19(3)4)24-14-15-26-29(32)17-28(20(5)6)25-13-8-21(7)30(24)31(25)26/h8-20H,7,32H2,1-6H3/b27-16-. The quantitative estimate of drug-likeness (QED) is 0.255. The zero-order valence-corrected chi connectivity index (χ0v) is 20.3. The highest BCUT2D eigenvalue weighted by Gasteiger charge is 2.18. The van der Waals surface area contributed by atoms with E-state index in [1.54, 1.807) is 0 Å². The molecule has 4 aromatic rings. The van der Waals surface area contributed by atoms with Crippen LogP contribution in [0.25, 0.3) is 39.8 Å². The minimum Gasteiger partial charge on any atom is -0.398 e. The third-order valence-corrected chi connectivity index (χ3v) is 6.66. The van der Waals surface area contributed by atoms with Crippen molar-refractivity contribution in [2.24, 2.45) is 5.92 Å². The lowest BCUT2D eigenvalue weighted by atomic mass is 9.84. The molecule has 0 unspecified atom stereocenters. The zero-order chi connectivity index (χ0) is 23.2. The summed E-state index contributed by atoms with van der Waals surface area (Å²) < 4.78 is 0. The number of benzene rings is 4. The smallest absolute Gasteiger partial charge is 0.0397 e. The van der Waals surface area contributed by atoms with Crippen molar-refractivity contribution in [2.75, 3.05) is 5.73 Å². The van der Waals surface area contributed by atoms with Gasteiger partial charge in [0.05, 0.1) is 0 Å². The fourth-order valence-corrected chi connectivity index (χ4v) is 4.80. The molecule has 0 aliphatic rings. The highest BCUT2D eigenvalue weighted by Crippen LogP contribution is 2.39. The second-order valence-electron chi connectivity index (χ2n) is 9.97. The van der Waals surface area contributed by atoms with Gasteiger partial charge >= 0.3 is 0 Å². The third kappa shape index (κ3) is 3.81. The molecule has 0 saturated carbocycles. The maximum Gasteiger partial charge on any atom is 0.0397 e. The Labute approximate surface area is 192 Å². The van der Waals surface area contributed by atoms with Crippen LogP contribution in [0.2, 0.25) is 0 Å². The molecule has 0 aromatic heterocycles. The van der Waals surface area contributed by atoms with E-state index >= 15 is 0 Å². The van der Waals surface area contributed by atoms with E-state index in [4.69, 9.17) is 5.73 Å². The molecule has 0 spiro atoms. The van der Waals surface area contributed by atoms with Gasteiger partial charge < -0.3 is 5.73 Å². The molecular weight excluding hydrogens is 386 g/mol. The molecule has 4 aromatic carbocycles. The summed E-state index contributed by atoms with van der Waals surface area (Å²) in [6.07, 6.45) is 2.34. The molecule has 0 amide bonds. The highest BCUT2D eigenvalue weighted by molar-refractivity contribution is 6.18. The molecule has 0 saturated heterocycles. The van der Waals surface area contributed by atoms with Crippen molar-refractivity contribution in [1.82, 2.24) is 0 Å². The lowest BCUT2D eigenvalue weighted by molar-refractivity contribution is 0.860. The Morgan fingerprint density at radius 1 is 0.781 bits per heavy atom. The first-order valence-corrected chi connectivity index (χ1v) is 11.8. The average molecular weight is 422 g/mol. The number of allylic oxidation sites excluding steroid dienone is 1. The summed E-state index contributed by atoms with van der Waals surface area (Å²) in [5.74, 6) is 1.32. The van der Waals surface area contributed by atoms with Gasteiger partial charge in [0, 0.05) is 11.1 Å². The zero-order valence-electron chi connectivity index (χ0n) is 20.3. The Morgan fingerprint density at radius 2 is 1.44 bits per heavy atom. The molecule has 4 rings (SSSR count). The Balaban J connectivity index is 2.02. The molecule has 0 atom stereocenters. The van der Waals surface area contributed by atoms with Crippen molar-refractivity contribution in [1.29, 1.82) is 0 Å². The summed E-state index contributed by atoms with van der Waals surface area (Å²) in [6, 6.07) is 19.9. The number of hydrogen-bond acceptors (Lipinski definition) is 1. The molecule has 1 heteroatoms. The molecule has 0 radical (unpaired) electrons. The summed E-state index contributed by atoms with van der Waals surface area (Å²) in [4.78, 5) is 0. The first-order chi connectivity index (χ1) is 15.2. The van der Waals surface area contributed by atoms with Gasteiger partial charge in [-0.3, -0.25) is 0 Å². The van der Waals surface area contributed by atoms with Gasteiger partial charge in [0.15, 0.2) is 0 Å². The Hall–Kier alpha value is -3.06. The van der Waals surface area contributed by atoms with Crippen LogP contribution in [0.5, 0.6) is 0 Å². The van der Waals surface area contributed by atoms with Crippen LogP contribution in [0.4, 0.5) is 5.69 Å². The minimum atomic E-state index is 0.376. The van der Waals surface area contributed by atoms with Gasteiger partial charge in [0.2, 0.25) is 0 Å². The Kier molecular flexibility index (Phi) is 5.86. The van der Waals surface area contributed by atoms with Crippen molar-refractivity contribution < 1.29 is 0 Å². The number of nitrogens with two attached hydrogens (primary N) is 1. The Morgan fingerprint density at radius 3 is 2.03 bits per heavy atom. The van der Waals surface area contributed by atoms with E-state index < -0.39 is 0 Å². The van der Waals surface area contributed by atoms with Gasteiger partial charge in [-0.05, 0) is 73.0 Å². The first kappa shape index (κ1) is 22.1. The van der Waals surface area contributed by atoms with Crippen molar-refractivity contribution in [3.8, 4) is 0 Å². The van der Waals surface area contributed by atoms with E-state index in [0.29, 0.717) is 17.8 Å². The normalized spacial score (nSPS) is 12.7. The molecule has 164 valence electrons. The van der Waals surface area contributed by atoms with E-state index in [2.05, 4.69) is 109 Å². The van der Waals surface area contributed by atoms with Gasteiger partial charge in [0.1, 0.15) is 0 Å². The number of rotatable bonds is 5. The lowest BCUT2D eigenvalue weighted by Crippen LogP contribution is -2.07. The van der Waals surface area contributed by atoms with Gasteiger partial charge in [-0.15, -0.1) is 0 Å². The topological polar surface area (TPSA) is 26.0 Å². The molecule has 0 aliphatic heterocycles. The number of hydrogen-bond donors (Lipinski definition) is 1. The monoisotopic (exact) mass is 421 g/mol. The maximum absolute atomic E-state index is 6.54. The fraction of sp³-hybridized carbons (Fsp3) is 0.290. The summed E-state index contributed by atoms with van der Waals surface area (Å²) in [7, 11) is 0. The number of anilines is 1. The van der Waals surface area contributed by atoms with Crippen molar-refractivity contribution in [3.63, 3.8) is 0 Å². The van der Waals surface area contributed by atoms with E-state index in [-0.39, 0.29) is 0 Å². The largest absolute Gasteiger partial charge is 0.398 e. The molecule has 0 aliphatic carbocycles. The highest BCUT2D eigenvalue weighted by atomic mass is 14.6. The predicted octanol–water partition coefficient (Wildman–Crippen LogP) is 8.15. The molecular formula is C31H35N. The molecule has 0 heterocycles. The summed E-state index contributed by atoms with van der Waals surface area (Å²) in [5.41, 5.74) is 13.9. The van der Waals surface area contributed by atoms with Crippen molar-refractivity contribution in [3.05, 3.63) is 82.1 Å². The van der Waals surface area contributed by atoms with Crippen LogP contribution in [-0.4, -0.2) is 0 Å². The third-order valence-electron chi connectivity index (χ3n) is 6.66. The van der Waals surface area contributed by atoms with E-state index in [1.165, 1.54) is 44.0 Å². The van der Waals surface area contributed by atoms with Gasteiger partial charge in [-0.1, -0.05) is 103 Å². The second-order valence-corrected chi connectivity index (χ2v) is 9.97. The summed E-state index contributed by atoms with van der Waals surface area (Å²) >= 11 is 0. The van der Waals surface area contributed by atoms with Crippen LogP contribution in [0.3, 0.4) is 0 Å². The maximum atomic E-state index is 6.54. The lowest BCUT2D eigenvalue weighted by Gasteiger charge is -2.20. The van der Waals surface area contributed by atoms with Crippen molar-refractivity contribution in [2.45, 2.75) is 53.4 Å². The molecule has 1 nitrogen and oxygen atoms in total. The average Bonchev–Trinajstić information content (AvgIpc) is 2.75. The van der Waals surface area contributed by atoms with Crippen LogP contribution in [-0.2, 0) is 0 Å². The van der Waals surface area contributed by atoms with Crippen LogP contribution in [0, 0.1) is 5.92 Å². The SMILES string of the molecule is C=c1ccc2c(C(C)C)cc(N)c3ccc(/C(=C\c4ccc(C(C)C)cc4)C(C)C)c1c32. The van der Waals surface area contributed by atoms with Gasteiger partial charge in [-0.25, -0.2) is 0 Å². The van der Waals surface area contributed by atoms with Crippen LogP contribution in [0.1, 0.15) is 75.6 Å². The van der Waals surface area contributed by atoms with Crippen LogP contribution in [0.15, 0.2) is 54.6 Å². The second kappa shape index (κ2) is 8.47. The molecule has 2 N–H and O–H groups in total. The molecule has 0 fully saturated rings. The van der Waals surface area contributed by atoms with Crippen LogP contribution >= 0.6 is 0 Å². The van der Waals surface area contributed by atoms with E-state index in [0.717, 1.165) is 16.3 Å². The molecule has 32 heavy (non-hydrogen) atoms. The van der Waals surface area contributed by atoms with Crippen LogP contribution < -0.4 is 11.0 Å². The van der Waals surface area contributed by atoms with E-state index in [1.807, 2.05) is 0 Å². The molecule has 0 bridgehead atoms. The first-order valence-electron chi connectivity index (χ1n) is 11.8. The van der Waals surface area contributed by atoms with Crippen molar-refractivity contribution >= 4 is 45.5 Å². The summed E-state index contributed by atoms with van der Waals surface area (Å²) in [6.45, 7) is 17.9. The minimum absolute atomic E-state index is 0.376. The summed E-state index contributed by atoms with van der Waals surface area (Å²) in [5, 5.41) is 5.95.